The molecule has 1 atom stereocenters. The van der Waals surface area contributed by atoms with Gasteiger partial charge in [-0.3, -0.25) is 4.79 Å². The quantitative estimate of drug-likeness (QED) is 0.574. The zero-order chi connectivity index (χ0) is 9.40. The van der Waals surface area contributed by atoms with Crippen molar-refractivity contribution in [3.63, 3.8) is 0 Å². The number of carbonyl (C=O) groups is 1. The van der Waals surface area contributed by atoms with E-state index in [2.05, 4.69) is 6.92 Å². The van der Waals surface area contributed by atoms with E-state index in [1.807, 2.05) is 6.92 Å². The van der Waals surface area contributed by atoms with Crippen molar-refractivity contribution in [2.24, 2.45) is 5.92 Å². The smallest absolute Gasteiger partial charge is 0.309 e. The summed E-state index contributed by atoms with van der Waals surface area (Å²) in [6.07, 6.45) is 4.09. The molecule has 0 aromatic carbocycles. The second-order valence-corrected chi connectivity index (χ2v) is 2.92. The fourth-order valence-corrected chi connectivity index (χ4v) is 1.15. The molecule has 1 unspecified atom stereocenters. The van der Waals surface area contributed by atoms with Gasteiger partial charge in [0, 0.05) is 0 Å². The highest BCUT2D eigenvalue weighted by molar-refractivity contribution is 5.72. The third-order valence-electron chi connectivity index (χ3n) is 1.97. The molecule has 0 aromatic heterocycles. The van der Waals surface area contributed by atoms with E-state index in [1.165, 1.54) is 6.61 Å². The Labute approximate surface area is 75.3 Å². The summed E-state index contributed by atoms with van der Waals surface area (Å²) in [5.41, 5.74) is 0. The fourth-order valence-electron chi connectivity index (χ4n) is 1.15. The number of ether oxygens (including phenoxy) is 1. The Bertz CT molecular complexity index is 121. The number of rotatable bonds is 6. The Morgan fingerprint density at radius 3 is 2.58 bits per heavy atom. The largest absolute Gasteiger partial charge is 0.459 e. The van der Waals surface area contributed by atoms with E-state index >= 15 is 0 Å². The van der Waals surface area contributed by atoms with Crippen LogP contribution in [0.3, 0.4) is 0 Å². The Morgan fingerprint density at radius 1 is 1.50 bits per heavy atom. The van der Waals surface area contributed by atoms with Crippen LogP contribution < -0.4 is 0 Å². The van der Waals surface area contributed by atoms with Gasteiger partial charge in [0.2, 0.25) is 0 Å². The molecule has 0 heterocycles. The summed E-state index contributed by atoms with van der Waals surface area (Å²) in [6.45, 7) is 7.34. The van der Waals surface area contributed by atoms with E-state index in [0.29, 0.717) is 0 Å². The molecule has 0 aliphatic rings. The first-order valence-electron chi connectivity index (χ1n) is 4.74. The number of unbranched alkanes of at least 4 members (excludes halogenated alkanes) is 1. The van der Waals surface area contributed by atoms with Gasteiger partial charge in [-0.15, -0.1) is 0 Å². The van der Waals surface area contributed by atoms with Crippen LogP contribution in [0.15, 0.2) is 0 Å². The van der Waals surface area contributed by atoms with Crippen molar-refractivity contribution in [3.8, 4) is 0 Å². The standard InChI is InChI=1S/C10H19O2/c1-4-7-8-9(5-2)10(11)12-6-3/h6,9H,4-5,7-8H2,1-3H3. The van der Waals surface area contributed by atoms with Crippen LogP contribution in [0.25, 0.3) is 0 Å². The summed E-state index contributed by atoms with van der Waals surface area (Å²) >= 11 is 0. The van der Waals surface area contributed by atoms with E-state index in [1.54, 1.807) is 6.92 Å². The lowest BCUT2D eigenvalue weighted by atomic mass is 10.00. The first-order valence-corrected chi connectivity index (χ1v) is 4.74. The van der Waals surface area contributed by atoms with Gasteiger partial charge in [0.15, 0.2) is 0 Å². The van der Waals surface area contributed by atoms with Gasteiger partial charge in [0.25, 0.3) is 0 Å². The molecule has 0 rings (SSSR count). The van der Waals surface area contributed by atoms with Crippen LogP contribution in [0.5, 0.6) is 0 Å². The zero-order valence-corrected chi connectivity index (χ0v) is 8.30. The van der Waals surface area contributed by atoms with Crippen molar-refractivity contribution in [2.45, 2.75) is 46.5 Å². The maximum atomic E-state index is 11.2. The second-order valence-electron chi connectivity index (χ2n) is 2.92. The predicted molar refractivity (Wildman–Crippen MR) is 49.4 cm³/mol. The average Bonchev–Trinajstić information content (AvgIpc) is 2.06. The number of carbonyl (C=O) groups excluding carboxylic acids is 1. The number of hydrogen-bond acceptors (Lipinski definition) is 2. The average molecular weight is 171 g/mol. The lowest BCUT2D eigenvalue weighted by molar-refractivity contribution is -0.145. The molecule has 0 bridgehead atoms. The molecular formula is C10H19O2. The molecule has 2 nitrogen and oxygen atoms in total. The first-order chi connectivity index (χ1) is 5.76. The van der Waals surface area contributed by atoms with Crippen LogP contribution in [0, 0.1) is 12.5 Å². The van der Waals surface area contributed by atoms with Crippen LogP contribution in [0.1, 0.15) is 46.5 Å². The minimum Gasteiger partial charge on any atom is -0.459 e. The molecule has 0 fully saturated rings. The van der Waals surface area contributed by atoms with Gasteiger partial charge < -0.3 is 4.74 Å². The number of esters is 1. The van der Waals surface area contributed by atoms with Crippen molar-refractivity contribution in [3.05, 3.63) is 6.61 Å². The summed E-state index contributed by atoms with van der Waals surface area (Å²) in [6, 6.07) is 0. The zero-order valence-electron chi connectivity index (χ0n) is 8.30. The molecule has 0 N–H and O–H groups in total. The molecular weight excluding hydrogens is 152 g/mol. The van der Waals surface area contributed by atoms with Crippen molar-refractivity contribution in [2.75, 3.05) is 0 Å². The van der Waals surface area contributed by atoms with Crippen LogP contribution >= 0.6 is 0 Å². The van der Waals surface area contributed by atoms with Crippen LogP contribution in [0.4, 0.5) is 0 Å². The summed E-state index contributed by atoms with van der Waals surface area (Å²) in [7, 11) is 0. The van der Waals surface area contributed by atoms with Gasteiger partial charge in [-0.2, -0.15) is 0 Å². The Hall–Kier alpha value is -0.530. The lowest BCUT2D eigenvalue weighted by Gasteiger charge is -2.11. The highest BCUT2D eigenvalue weighted by Gasteiger charge is 2.16. The summed E-state index contributed by atoms with van der Waals surface area (Å²) in [5, 5.41) is 0. The monoisotopic (exact) mass is 171 g/mol. The van der Waals surface area contributed by atoms with Crippen molar-refractivity contribution in [1.29, 1.82) is 0 Å². The number of hydrogen-bond donors (Lipinski definition) is 0. The molecule has 0 aliphatic heterocycles. The van der Waals surface area contributed by atoms with Gasteiger partial charge in [-0.1, -0.05) is 26.7 Å². The normalized spacial score (nSPS) is 12.6. The summed E-state index contributed by atoms with van der Waals surface area (Å²) in [4.78, 5) is 11.2. The molecule has 0 amide bonds. The van der Waals surface area contributed by atoms with E-state index in [9.17, 15) is 4.79 Å². The molecule has 0 aliphatic carbocycles. The van der Waals surface area contributed by atoms with Gasteiger partial charge in [0.05, 0.1) is 5.92 Å². The van der Waals surface area contributed by atoms with Gasteiger partial charge in [-0.05, 0) is 19.8 Å². The topological polar surface area (TPSA) is 26.3 Å². The van der Waals surface area contributed by atoms with E-state index in [-0.39, 0.29) is 11.9 Å². The van der Waals surface area contributed by atoms with Gasteiger partial charge >= 0.3 is 5.97 Å². The molecule has 0 saturated heterocycles. The molecule has 71 valence electrons. The van der Waals surface area contributed by atoms with E-state index < -0.39 is 0 Å². The Balaban J connectivity index is 3.71. The van der Waals surface area contributed by atoms with Crippen LogP contribution in [-0.4, -0.2) is 5.97 Å². The third kappa shape index (κ3) is 4.37. The minimum atomic E-state index is -0.0755. The predicted octanol–water partition coefficient (Wildman–Crippen LogP) is 2.93. The second kappa shape index (κ2) is 7.14. The van der Waals surface area contributed by atoms with E-state index in [0.717, 1.165) is 25.7 Å². The fraction of sp³-hybridized carbons (Fsp3) is 0.800. The van der Waals surface area contributed by atoms with Gasteiger partial charge in [0.1, 0.15) is 6.61 Å². The van der Waals surface area contributed by atoms with Crippen molar-refractivity contribution < 1.29 is 9.53 Å². The van der Waals surface area contributed by atoms with Crippen LogP contribution in [0.2, 0.25) is 0 Å². The highest BCUT2D eigenvalue weighted by atomic mass is 16.5. The summed E-state index contributed by atoms with van der Waals surface area (Å²) in [5.74, 6) is 0.0228. The van der Waals surface area contributed by atoms with Crippen LogP contribution in [-0.2, 0) is 9.53 Å². The maximum absolute atomic E-state index is 11.2. The Morgan fingerprint density at radius 2 is 2.17 bits per heavy atom. The third-order valence-corrected chi connectivity index (χ3v) is 1.97. The van der Waals surface area contributed by atoms with Crippen molar-refractivity contribution in [1.82, 2.24) is 0 Å². The highest BCUT2D eigenvalue weighted by Crippen LogP contribution is 2.14. The molecule has 0 saturated carbocycles. The van der Waals surface area contributed by atoms with Crippen molar-refractivity contribution >= 4 is 5.97 Å². The first kappa shape index (κ1) is 11.5. The lowest BCUT2D eigenvalue weighted by Crippen LogP contribution is -2.15. The molecule has 12 heavy (non-hydrogen) atoms. The SMILES string of the molecule is C[CH]OC(=O)C(CC)CCCC. The minimum absolute atomic E-state index is 0.0755. The van der Waals surface area contributed by atoms with E-state index in [4.69, 9.17) is 4.74 Å². The molecule has 2 heteroatoms. The molecule has 0 spiro atoms. The Kier molecular flexibility index (Phi) is 6.82. The summed E-state index contributed by atoms with van der Waals surface area (Å²) < 4.78 is 4.83. The van der Waals surface area contributed by atoms with Gasteiger partial charge in [-0.25, -0.2) is 0 Å². The maximum Gasteiger partial charge on any atom is 0.309 e. The molecule has 1 radical (unpaired) electrons. The molecule has 0 aromatic rings.